The highest BCUT2D eigenvalue weighted by Gasteiger charge is 2.40. The van der Waals surface area contributed by atoms with E-state index in [-0.39, 0.29) is 5.41 Å². The second-order valence-electron chi connectivity index (χ2n) is 15.9. The minimum Gasteiger partial charge on any atom is -0.309 e. The van der Waals surface area contributed by atoms with Crippen LogP contribution in [0.5, 0.6) is 0 Å². The number of hydrogen-bond acceptors (Lipinski definition) is 2. The van der Waals surface area contributed by atoms with Gasteiger partial charge in [-0.3, -0.25) is 0 Å². The second-order valence-corrected chi connectivity index (χ2v) is 15.9. The first-order chi connectivity index (χ1) is 27.5. The zero-order valence-electron chi connectivity index (χ0n) is 31.1. The lowest BCUT2D eigenvalue weighted by molar-refractivity contribution is 0.658. The van der Waals surface area contributed by atoms with Crippen LogP contribution >= 0.6 is 0 Å². The van der Waals surface area contributed by atoms with Crippen molar-refractivity contribution in [2.24, 2.45) is 0 Å². The number of aromatic nitrogens is 3. The molecule has 0 N–H and O–H groups in total. The summed E-state index contributed by atoms with van der Waals surface area (Å²) in [6.07, 6.45) is 0. The summed E-state index contributed by atoms with van der Waals surface area (Å²) >= 11 is 0. The van der Waals surface area contributed by atoms with Crippen molar-refractivity contribution in [3.05, 3.63) is 187 Å². The summed E-state index contributed by atoms with van der Waals surface area (Å²) in [6.45, 7) is 4.62. The van der Waals surface area contributed by atoms with E-state index in [9.17, 15) is 0 Å². The van der Waals surface area contributed by atoms with Crippen LogP contribution in [0.3, 0.4) is 0 Å². The minimum absolute atomic E-state index is 0.247. The summed E-state index contributed by atoms with van der Waals surface area (Å²) in [7, 11) is 0. The highest BCUT2D eigenvalue weighted by Crippen LogP contribution is 2.51. The number of benzene rings is 9. The summed E-state index contributed by atoms with van der Waals surface area (Å²) < 4.78 is 2.44. The Morgan fingerprint density at radius 2 is 0.911 bits per heavy atom. The van der Waals surface area contributed by atoms with Crippen molar-refractivity contribution < 1.29 is 0 Å². The van der Waals surface area contributed by atoms with Crippen molar-refractivity contribution in [2.45, 2.75) is 19.3 Å². The molecule has 3 nitrogen and oxygen atoms in total. The largest absolute Gasteiger partial charge is 0.309 e. The van der Waals surface area contributed by atoms with Gasteiger partial charge in [0.05, 0.1) is 22.4 Å². The van der Waals surface area contributed by atoms with Crippen molar-refractivity contribution >= 4 is 64.9 Å². The quantitative estimate of drug-likeness (QED) is 0.182. The van der Waals surface area contributed by atoms with Gasteiger partial charge in [0, 0.05) is 44.1 Å². The predicted octanol–water partition coefficient (Wildman–Crippen LogP) is 13.8. The van der Waals surface area contributed by atoms with E-state index in [0.29, 0.717) is 0 Å². The predicted molar refractivity (Wildman–Crippen MR) is 235 cm³/mol. The molecule has 0 bridgehead atoms. The van der Waals surface area contributed by atoms with Gasteiger partial charge < -0.3 is 4.57 Å². The molecule has 2 aromatic heterocycles. The topological polar surface area (TPSA) is 30.7 Å². The Labute approximate surface area is 324 Å². The lowest BCUT2D eigenvalue weighted by atomic mass is 9.80. The molecule has 0 unspecified atom stereocenters. The maximum atomic E-state index is 5.47. The molecule has 0 saturated carbocycles. The van der Waals surface area contributed by atoms with Crippen molar-refractivity contribution in [2.75, 3.05) is 0 Å². The van der Waals surface area contributed by atoms with Crippen LogP contribution in [-0.4, -0.2) is 14.5 Å². The maximum Gasteiger partial charge on any atom is 0.160 e. The van der Waals surface area contributed by atoms with Crippen LogP contribution in [0.15, 0.2) is 176 Å². The van der Waals surface area contributed by atoms with Gasteiger partial charge in [-0.2, -0.15) is 0 Å². The van der Waals surface area contributed by atoms with Gasteiger partial charge in [-0.25, -0.2) is 9.97 Å². The summed E-state index contributed by atoms with van der Waals surface area (Å²) in [6, 6.07) is 64.3. The Bertz CT molecular complexity index is 3370. The standard InChI is InChI=1S/C53H35N3/c1-53(2)46-18-10-9-17-43(46)51-49(53)50(39-21-19-32-11-3-4-12-34(32)25-39)54-52(55-51)40-22-20-33-23-24-42(27-41(33)26-40)56-47-30-37-15-7-5-13-35(37)28-44(47)45-29-36-14-6-8-16-38(36)31-48(45)56/h3-31H,1-2H3. The summed E-state index contributed by atoms with van der Waals surface area (Å²) in [5.41, 5.74) is 11.1. The number of nitrogens with zero attached hydrogens (tertiary/aromatic N) is 3. The van der Waals surface area contributed by atoms with Crippen LogP contribution in [0.25, 0.3) is 104 Å². The Hall–Kier alpha value is -7.10. The van der Waals surface area contributed by atoms with Gasteiger partial charge in [-0.1, -0.05) is 141 Å². The maximum absolute atomic E-state index is 5.47. The van der Waals surface area contributed by atoms with Crippen molar-refractivity contribution in [3.63, 3.8) is 0 Å². The molecule has 2 heterocycles. The first-order valence-electron chi connectivity index (χ1n) is 19.4. The van der Waals surface area contributed by atoms with E-state index in [1.807, 2.05) is 0 Å². The number of rotatable bonds is 3. The van der Waals surface area contributed by atoms with Crippen LogP contribution in [-0.2, 0) is 5.41 Å². The average molecular weight is 714 g/mol. The highest BCUT2D eigenvalue weighted by atomic mass is 15.0. The van der Waals surface area contributed by atoms with E-state index < -0.39 is 0 Å². The third-order valence-electron chi connectivity index (χ3n) is 12.3. The second kappa shape index (κ2) is 11.5. The van der Waals surface area contributed by atoms with Gasteiger partial charge in [0.1, 0.15) is 0 Å². The zero-order valence-corrected chi connectivity index (χ0v) is 31.1. The van der Waals surface area contributed by atoms with Crippen molar-refractivity contribution in [1.82, 2.24) is 14.5 Å². The molecule has 0 fully saturated rings. The normalized spacial score (nSPS) is 13.3. The molecule has 262 valence electrons. The molecule has 56 heavy (non-hydrogen) atoms. The summed E-state index contributed by atoms with van der Waals surface area (Å²) in [5.74, 6) is 0.738. The molecule has 12 rings (SSSR count). The summed E-state index contributed by atoms with van der Waals surface area (Å²) in [5, 5.41) is 12.2. The molecule has 0 spiro atoms. The fourth-order valence-corrected chi connectivity index (χ4v) is 9.47. The average Bonchev–Trinajstić information content (AvgIpc) is 3.67. The van der Waals surface area contributed by atoms with Gasteiger partial charge in [0.25, 0.3) is 0 Å². The van der Waals surface area contributed by atoms with Crippen molar-refractivity contribution in [1.29, 1.82) is 0 Å². The zero-order chi connectivity index (χ0) is 37.1. The van der Waals surface area contributed by atoms with E-state index in [1.165, 1.54) is 76.2 Å². The van der Waals surface area contributed by atoms with Crippen LogP contribution < -0.4 is 0 Å². The molecule has 0 saturated heterocycles. The van der Waals surface area contributed by atoms with E-state index in [1.54, 1.807) is 0 Å². The smallest absolute Gasteiger partial charge is 0.160 e. The molecule has 0 radical (unpaired) electrons. The van der Waals surface area contributed by atoms with Gasteiger partial charge >= 0.3 is 0 Å². The molecule has 0 aliphatic heterocycles. The molecule has 0 amide bonds. The highest BCUT2D eigenvalue weighted by molar-refractivity contribution is 6.17. The first kappa shape index (κ1) is 31.3. The molecule has 1 aliphatic carbocycles. The van der Waals surface area contributed by atoms with E-state index in [0.717, 1.165) is 39.4 Å². The van der Waals surface area contributed by atoms with Gasteiger partial charge in [-0.05, 0) is 97.2 Å². The molecule has 3 heteroatoms. The third kappa shape index (κ3) is 4.52. The van der Waals surface area contributed by atoms with Gasteiger partial charge in [0.15, 0.2) is 5.82 Å². The van der Waals surface area contributed by atoms with E-state index >= 15 is 0 Å². The van der Waals surface area contributed by atoms with Crippen LogP contribution in [0.1, 0.15) is 25.0 Å². The van der Waals surface area contributed by atoms with E-state index in [2.05, 4.69) is 194 Å². The Balaban J connectivity index is 1.08. The van der Waals surface area contributed by atoms with Crippen LogP contribution in [0, 0.1) is 0 Å². The first-order valence-corrected chi connectivity index (χ1v) is 19.4. The Kier molecular flexibility index (Phi) is 6.40. The van der Waals surface area contributed by atoms with Crippen molar-refractivity contribution in [3.8, 4) is 39.6 Å². The SMILES string of the molecule is CC1(C)c2ccccc2-c2nc(-c3ccc4ccc(-n5c6cc7ccccc7cc6c6cc7ccccc7cc65)cc4c3)nc(-c3ccc4ccccc4c3)c21. The molecule has 11 aromatic rings. The molecular formula is C53H35N3. The number of hydrogen-bond donors (Lipinski definition) is 0. The minimum atomic E-state index is -0.247. The Morgan fingerprint density at radius 1 is 0.411 bits per heavy atom. The third-order valence-corrected chi connectivity index (χ3v) is 12.3. The number of fused-ring (bicyclic) bond motifs is 10. The molecule has 9 aromatic carbocycles. The molecular weight excluding hydrogens is 679 g/mol. The van der Waals surface area contributed by atoms with Gasteiger partial charge in [0.2, 0.25) is 0 Å². The lowest BCUT2D eigenvalue weighted by Gasteiger charge is -2.24. The fourth-order valence-electron chi connectivity index (χ4n) is 9.47. The lowest BCUT2D eigenvalue weighted by Crippen LogP contribution is -2.17. The van der Waals surface area contributed by atoms with Gasteiger partial charge in [-0.15, -0.1) is 0 Å². The van der Waals surface area contributed by atoms with Crippen LogP contribution in [0.2, 0.25) is 0 Å². The Morgan fingerprint density at radius 3 is 1.59 bits per heavy atom. The fraction of sp³-hybridized carbons (Fsp3) is 0.0566. The van der Waals surface area contributed by atoms with E-state index in [4.69, 9.17) is 9.97 Å². The molecule has 0 atom stereocenters. The monoisotopic (exact) mass is 713 g/mol. The summed E-state index contributed by atoms with van der Waals surface area (Å²) in [4.78, 5) is 10.9. The van der Waals surface area contributed by atoms with Crippen LogP contribution in [0.4, 0.5) is 0 Å². The molecule has 1 aliphatic rings.